The van der Waals surface area contributed by atoms with Crippen LogP contribution in [0.4, 0.5) is 0 Å². The molecule has 1 rings (SSSR count). The standard InChI is InChI=1S/C12H22N2O3S2/c1-10(2)3-5-17-6-4-14-19(15,16)12-7-11(8-13)9-18-12/h7,9-10,14H,3-6,8,13H2,1-2H3. The van der Waals surface area contributed by atoms with Gasteiger partial charge in [-0.25, -0.2) is 13.1 Å². The van der Waals surface area contributed by atoms with Crippen molar-refractivity contribution in [1.29, 1.82) is 0 Å². The maximum Gasteiger partial charge on any atom is 0.250 e. The Morgan fingerprint density at radius 1 is 1.42 bits per heavy atom. The van der Waals surface area contributed by atoms with E-state index in [2.05, 4.69) is 18.6 Å². The van der Waals surface area contributed by atoms with Crippen LogP contribution in [0.1, 0.15) is 25.8 Å². The Labute approximate surface area is 119 Å². The minimum absolute atomic E-state index is 0.288. The van der Waals surface area contributed by atoms with Crippen LogP contribution in [0.5, 0.6) is 0 Å². The third-order valence-corrected chi connectivity index (χ3v) is 5.46. The third kappa shape index (κ3) is 6.01. The molecule has 0 atom stereocenters. The lowest BCUT2D eigenvalue weighted by molar-refractivity contribution is 0.128. The molecule has 1 aromatic rings. The molecule has 19 heavy (non-hydrogen) atoms. The fourth-order valence-electron chi connectivity index (χ4n) is 1.34. The fourth-order valence-corrected chi connectivity index (χ4v) is 3.62. The topological polar surface area (TPSA) is 81.4 Å². The molecule has 0 bridgehead atoms. The molecule has 1 aromatic heterocycles. The van der Waals surface area contributed by atoms with Gasteiger partial charge in [-0.05, 0) is 29.3 Å². The summed E-state index contributed by atoms with van der Waals surface area (Å²) in [5.41, 5.74) is 6.29. The molecule has 0 aliphatic rings. The van der Waals surface area contributed by atoms with E-state index in [-0.39, 0.29) is 6.54 Å². The van der Waals surface area contributed by atoms with Crippen LogP contribution in [-0.2, 0) is 21.3 Å². The largest absolute Gasteiger partial charge is 0.380 e. The lowest BCUT2D eigenvalue weighted by Gasteiger charge is -2.07. The molecule has 1 heterocycles. The van der Waals surface area contributed by atoms with Gasteiger partial charge in [0.15, 0.2) is 0 Å². The summed E-state index contributed by atoms with van der Waals surface area (Å²) >= 11 is 1.18. The van der Waals surface area contributed by atoms with E-state index < -0.39 is 10.0 Å². The van der Waals surface area contributed by atoms with E-state index >= 15 is 0 Å². The molecule has 0 aliphatic carbocycles. The summed E-state index contributed by atoms with van der Waals surface area (Å²) in [5.74, 6) is 0.595. The molecule has 0 saturated carbocycles. The summed E-state index contributed by atoms with van der Waals surface area (Å²) in [5, 5.41) is 1.76. The maximum absolute atomic E-state index is 11.9. The van der Waals surface area contributed by atoms with Gasteiger partial charge in [0.2, 0.25) is 10.0 Å². The van der Waals surface area contributed by atoms with Crippen LogP contribution >= 0.6 is 11.3 Å². The Bertz CT molecular complexity index is 469. The van der Waals surface area contributed by atoms with Gasteiger partial charge in [-0.3, -0.25) is 0 Å². The van der Waals surface area contributed by atoms with Crippen molar-refractivity contribution in [3.8, 4) is 0 Å². The number of nitrogens with two attached hydrogens (primary N) is 1. The molecule has 0 saturated heterocycles. The number of ether oxygens (including phenoxy) is 1. The molecule has 0 spiro atoms. The second-order valence-corrected chi connectivity index (χ2v) is 7.58. The minimum Gasteiger partial charge on any atom is -0.380 e. The first kappa shape index (κ1) is 16.6. The number of hydrogen-bond donors (Lipinski definition) is 2. The summed E-state index contributed by atoms with van der Waals surface area (Å²) in [6.45, 7) is 5.94. The summed E-state index contributed by atoms with van der Waals surface area (Å²) in [7, 11) is -3.42. The van der Waals surface area contributed by atoms with Crippen molar-refractivity contribution in [3.05, 3.63) is 17.0 Å². The van der Waals surface area contributed by atoms with Gasteiger partial charge in [-0.15, -0.1) is 11.3 Å². The Kier molecular flexibility index (Phi) is 6.95. The van der Waals surface area contributed by atoms with Crippen LogP contribution in [0.15, 0.2) is 15.7 Å². The van der Waals surface area contributed by atoms with Crippen molar-refractivity contribution >= 4 is 21.4 Å². The Morgan fingerprint density at radius 3 is 2.74 bits per heavy atom. The van der Waals surface area contributed by atoms with Gasteiger partial charge in [0.25, 0.3) is 0 Å². The summed E-state index contributed by atoms with van der Waals surface area (Å²) in [6.07, 6.45) is 0.984. The Morgan fingerprint density at radius 2 is 2.16 bits per heavy atom. The molecule has 0 aromatic carbocycles. The Balaban J connectivity index is 2.31. The van der Waals surface area contributed by atoms with Crippen molar-refractivity contribution in [2.75, 3.05) is 19.8 Å². The van der Waals surface area contributed by atoms with Gasteiger partial charge in [-0.1, -0.05) is 13.8 Å². The van der Waals surface area contributed by atoms with Crippen LogP contribution in [0.25, 0.3) is 0 Å². The van der Waals surface area contributed by atoms with Crippen molar-refractivity contribution in [3.63, 3.8) is 0 Å². The zero-order valence-corrected chi connectivity index (χ0v) is 13.0. The quantitative estimate of drug-likeness (QED) is 0.678. The molecular weight excluding hydrogens is 284 g/mol. The van der Waals surface area contributed by atoms with Gasteiger partial charge in [0.05, 0.1) is 6.61 Å². The lowest BCUT2D eigenvalue weighted by Crippen LogP contribution is -2.27. The average molecular weight is 306 g/mol. The molecule has 3 N–H and O–H groups in total. The van der Waals surface area contributed by atoms with E-state index in [0.717, 1.165) is 12.0 Å². The van der Waals surface area contributed by atoms with E-state index in [1.807, 2.05) is 0 Å². The first-order valence-corrected chi connectivity index (χ1v) is 8.67. The maximum atomic E-state index is 11.9. The minimum atomic E-state index is -3.42. The predicted octanol–water partition coefficient (Wildman–Crippen LogP) is 1.55. The second kappa shape index (κ2) is 7.96. The van der Waals surface area contributed by atoms with E-state index in [4.69, 9.17) is 10.5 Å². The number of nitrogens with one attached hydrogen (secondary N) is 1. The van der Waals surface area contributed by atoms with E-state index in [1.165, 1.54) is 11.3 Å². The van der Waals surface area contributed by atoms with Gasteiger partial charge < -0.3 is 10.5 Å². The number of hydrogen-bond acceptors (Lipinski definition) is 5. The van der Waals surface area contributed by atoms with Gasteiger partial charge >= 0.3 is 0 Å². The molecule has 110 valence electrons. The monoisotopic (exact) mass is 306 g/mol. The van der Waals surface area contributed by atoms with Crippen LogP contribution < -0.4 is 10.5 Å². The third-order valence-electron chi connectivity index (χ3n) is 2.51. The van der Waals surface area contributed by atoms with Gasteiger partial charge in [0.1, 0.15) is 4.21 Å². The molecule has 0 unspecified atom stereocenters. The van der Waals surface area contributed by atoms with Crippen molar-refractivity contribution in [2.45, 2.75) is 31.0 Å². The van der Waals surface area contributed by atoms with Crippen LogP contribution in [0.3, 0.4) is 0 Å². The summed E-state index contributed by atoms with van der Waals surface area (Å²) < 4.78 is 32.0. The van der Waals surface area contributed by atoms with E-state index in [9.17, 15) is 8.42 Å². The SMILES string of the molecule is CC(C)CCOCCNS(=O)(=O)c1cc(CN)cs1. The van der Waals surface area contributed by atoms with Crippen LogP contribution in [-0.4, -0.2) is 28.2 Å². The lowest BCUT2D eigenvalue weighted by atomic mass is 10.1. The van der Waals surface area contributed by atoms with Crippen molar-refractivity contribution in [1.82, 2.24) is 4.72 Å². The molecule has 7 heteroatoms. The zero-order chi connectivity index (χ0) is 14.3. The molecule has 0 amide bonds. The normalized spacial score (nSPS) is 12.2. The average Bonchev–Trinajstić information content (AvgIpc) is 2.82. The first-order valence-electron chi connectivity index (χ1n) is 6.30. The zero-order valence-electron chi connectivity index (χ0n) is 11.4. The molecule has 0 aliphatic heterocycles. The highest BCUT2D eigenvalue weighted by atomic mass is 32.2. The van der Waals surface area contributed by atoms with E-state index in [0.29, 0.717) is 29.9 Å². The summed E-state index contributed by atoms with van der Waals surface area (Å²) in [6, 6.07) is 1.60. The van der Waals surface area contributed by atoms with Crippen molar-refractivity contribution < 1.29 is 13.2 Å². The summed E-state index contributed by atoms with van der Waals surface area (Å²) in [4.78, 5) is 0. The number of thiophene rings is 1. The van der Waals surface area contributed by atoms with Crippen LogP contribution in [0, 0.1) is 5.92 Å². The fraction of sp³-hybridized carbons (Fsp3) is 0.667. The Hall–Kier alpha value is -0.470. The highest BCUT2D eigenvalue weighted by Crippen LogP contribution is 2.19. The first-order chi connectivity index (χ1) is 8.95. The van der Waals surface area contributed by atoms with Crippen molar-refractivity contribution in [2.24, 2.45) is 11.7 Å². The van der Waals surface area contributed by atoms with E-state index in [1.54, 1.807) is 11.4 Å². The second-order valence-electron chi connectivity index (χ2n) is 4.67. The predicted molar refractivity (Wildman–Crippen MR) is 77.7 cm³/mol. The molecule has 0 radical (unpaired) electrons. The van der Waals surface area contributed by atoms with Gasteiger partial charge in [-0.2, -0.15) is 0 Å². The van der Waals surface area contributed by atoms with Gasteiger partial charge in [0, 0.05) is 19.7 Å². The molecule has 5 nitrogen and oxygen atoms in total. The molecular formula is C12H22N2O3S2. The molecule has 0 fully saturated rings. The highest BCUT2D eigenvalue weighted by molar-refractivity contribution is 7.91. The number of sulfonamides is 1. The van der Waals surface area contributed by atoms with Crippen LogP contribution in [0.2, 0.25) is 0 Å². The number of rotatable bonds is 9. The smallest absolute Gasteiger partial charge is 0.250 e. The highest BCUT2D eigenvalue weighted by Gasteiger charge is 2.15.